The van der Waals surface area contributed by atoms with E-state index in [1.54, 1.807) is 12.1 Å². The van der Waals surface area contributed by atoms with Crippen LogP contribution in [0.1, 0.15) is 24.6 Å². The first-order valence-corrected chi connectivity index (χ1v) is 7.40. The Balaban J connectivity index is 2.29. The average Bonchev–Trinajstić information content (AvgIpc) is 2.97. The van der Waals surface area contributed by atoms with Gasteiger partial charge in [-0.2, -0.15) is 10.4 Å². The lowest BCUT2D eigenvalue weighted by molar-refractivity contribution is 0.613. The van der Waals surface area contributed by atoms with Gasteiger partial charge in [0.1, 0.15) is 5.41 Å². The van der Waals surface area contributed by atoms with Gasteiger partial charge >= 0.3 is 0 Å². The van der Waals surface area contributed by atoms with E-state index in [0.29, 0.717) is 22.8 Å². The SMILES string of the molecule is CCC(C#N)(c1ccc(Cl)cc1)c1n[nH]c2c(N)cccc12. The molecule has 2 aromatic carbocycles. The van der Waals surface area contributed by atoms with Crippen molar-refractivity contribution in [1.82, 2.24) is 10.2 Å². The highest BCUT2D eigenvalue weighted by molar-refractivity contribution is 6.30. The van der Waals surface area contributed by atoms with Crippen molar-refractivity contribution in [1.29, 1.82) is 5.26 Å². The third kappa shape index (κ3) is 2.02. The fourth-order valence-corrected chi connectivity index (χ4v) is 2.95. The minimum absolute atomic E-state index is 0.597. The summed E-state index contributed by atoms with van der Waals surface area (Å²) in [6.07, 6.45) is 0.597. The molecular formula is C17H15ClN4. The quantitative estimate of drug-likeness (QED) is 0.717. The van der Waals surface area contributed by atoms with Crippen molar-refractivity contribution < 1.29 is 0 Å². The van der Waals surface area contributed by atoms with E-state index in [4.69, 9.17) is 17.3 Å². The molecule has 1 atom stereocenters. The zero-order valence-electron chi connectivity index (χ0n) is 12.1. The molecule has 3 aromatic rings. The maximum absolute atomic E-state index is 9.93. The summed E-state index contributed by atoms with van der Waals surface area (Å²) < 4.78 is 0. The lowest BCUT2D eigenvalue weighted by Gasteiger charge is -2.24. The van der Waals surface area contributed by atoms with Gasteiger partial charge in [-0.1, -0.05) is 42.8 Å². The Hall–Kier alpha value is -2.51. The van der Waals surface area contributed by atoms with Gasteiger partial charge in [-0.3, -0.25) is 5.10 Å². The summed E-state index contributed by atoms with van der Waals surface area (Å²) in [5, 5.41) is 18.8. The summed E-state index contributed by atoms with van der Waals surface area (Å²) in [6, 6.07) is 15.4. The molecule has 1 unspecified atom stereocenters. The zero-order valence-corrected chi connectivity index (χ0v) is 12.9. The summed E-state index contributed by atoms with van der Waals surface area (Å²) in [6.45, 7) is 1.98. The second-order valence-corrected chi connectivity index (χ2v) is 5.66. The van der Waals surface area contributed by atoms with Gasteiger partial charge in [0.2, 0.25) is 0 Å². The Morgan fingerprint density at radius 2 is 2.00 bits per heavy atom. The van der Waals surface area contributed by atoms with Crippen molar-refractivity contribution in [2.45, 2.75) is 18.8 Å². The van der Waals surface area contributed by atoms with Crippen LogP contribution in [0.15, 0.2) is 42.5 Å². The monoisotopic (exact) mass is 310 g/mol. The Kier molecular flexibility index (Phi) is 3.51. The van der Waals surface area contributed by atoms with Gasteiger partial charge in [0.05, 0.1) is 23.0 Å². The summed E-state index contributed by atoms with van der Waals surface area (Å²) in [5.41, 5.74) is 8.10. The Labute approximate surface area is 133 Å². The molecule has 110 valence electrons. The molecular weight excluding hydrogens is 296 g/mol. The predicted octanol–water partition coefficient (Wildman–Crippen LogP) is 4.02. The van der Waals surface area contributed by atoms with E-state index >= 15 is 0 Å². The number of anilines is 1. The number of fused-ring (bicyclic) bond motifs is 1. The van der Waals surface area contributed by atoms with Gasteiger partial charge in [0.25, 0.3) is 0 Å². The van der Waals surface area contributed by atoms with Crippen molar-refractivity contribution in [3.8, 4) is 6.07 Å². The fourth-order valence-electron chi connectivity index (χ4n) is 2.83. The molecule has 0 saturated heterocycles. The number of nitrogens with zero attached hydrogens (tertiary/aromatic N) is 2. The lowest BCUT2D eigenvalue weighted by Crippen LogP contribution is -2.25. The number of benzene rings is 2. The van der Waals surface area contributed by atoms with Crippen molar-refractivity contribution in [2.75, 3.05) is 5.73 Å². The van der Waals surface area contributed by atoms with Crippen molar-refractivity contribution in [2.24, 2.45) is 0 Å². The zero-order chi connectivity index (χ0) is 15.7. The molecule has 0 amide bonds. The second kappa shape index (κ2) is 5.36. The van der Waals surface area contributed by atoms with Crippen LogP contribution in [0.2, 0.25) is 5.02 Å². The number of hydrogen-bond donors (Lipinski definition) is 2. The summed E-state index contributed by atoms with van der Waals surface area (Å²) in [5.74, 6) is 0. The summed E-state index contributed by atoms with van der Waals surface area (Å²) in [7, 11) is 0. The minimum atomic E-state index is -0.837. The smallest absolute Gasteiger partial charge is 0.126 e. The van der Waals surface area contributed by atoms with Crippen LogP contribution in [0.4, 0.5) is 5.69 Å². The van der Waals surface area contributed by atoms with Crippen LogP contribution < -0.4 is 5.73 Å². The topological polar surface area (TPSA) is 78.5 Å². The normalized spacial score (nSPS) is 13.7. The number of rotatable bonds is 3. The predicted molar refractivity (Wildman–Crippen MR) is 88.6 cm³/mol. The van der Waals surface area contributed by atoms with E-state index < -0.39 is 5.41 Å². The maximum atomic E-state index is 9.93. The van der Waals surface area contributed by atoms with Crippen LogP contribution in [0.5, 0.6) is 0 Å². The molecule has 0 aliphatic heterocycles. The number of halogens is 1. The highest BCUT2D eigenvalue weighted by Crippen LogP contribution is 2.38. The van der Waals surface area contributed by atoms with Gasteiger partial charge in [0.15, 0.2) is 0 Å². The molecule has 22 heavy (non-hydrogen) atoms. The Morgan fingerprint density at radius 3 is 2.64 bits per heavy atom. The molecule has 0 fully saturated rings. The van der Waals surface area contributed by atoms with Crippen LogP contribution in [-0.2, 0) is 5.41 Å². The number of hydrogen-bond acceptors (Lipinski definition) is 3. The number of para-hydroxylation sites is 1. The molecule has 0 saturated carbocycles. The number of nitrogen functional groups attached to an aromatic ring is 1. The van der Waals surface area contributed by atoms with Gasteiger partial charge in [-0.05, 0) is 30.2 Å². The first kappa shape index (κ1) is 14.4. The van der Waals surface area contributed by atoms with Gasteiger partial charge in [0, 0.05) is 10.4 Å². The molecule has 1 heterocycles. The number of aromatic amines is 1. The van der Waals surface area contributed by atoms with Gasteiger partial charge < -0.3 is 5.73 Å². The lowest BCUT2D eigenvalue weighted by atomic mass is 9.75. The van der Waals surface area contributed by atoms with E-state index in [0.717, 1.165) is 16.5 Å². The standard InChI is InChI=1S/C17H15ClN4/c1-2-17(10-19,11-6-8-12(18)9-7-11)16-13-4-3-5-14(20)15(13)21-22-16/h3-9H,2,20H2,1H3,(H,21,22). The molecule has 0 spiro atoms. The van der Waals surface area contributed by atoms with Crippen molar-refractivity contribution >= 4 is 28.2 Å². The van der Waals surface area contributed by atoms with Crippen LogP contribution in [0.25, 0.3) is 10.9 Å². The fraction of sp³-hybridized carbons (Fsp3) is 0.176. The van der Waals surface area contributed by atoms with E-state index in [2.05, 4.69) is 16.3 Å². The molecule has 0 aliphatic carbocycles. The number of H-pyrrole nitrogens is 1. The molecule has 1 aromatic heterocycles. The van der Waals surface area contributed by atoms with Crippen molar-refractivity contribution in [3.05, 3.63) is 58.7 Å². The third-order valence-electron chi connectivity index (χ3n) is 4.09. The highest BCUT2D eigenvalue weighted by atomic mass is 35.5. The molecule has 0 radical (unpaired) electrons. The second-order valence-electron chi connectivity index (χ2n) is 5.22. The van der Waals surface area contributed by atoms with Gasteiger partial charge in [-0.25, -0.2) is 0 Å². The van der Waals surface area contributed by atoms with E-state index in [1.807, 2.05) is 37.3 Å². The Morgan fingerprint density at radius 1 is 1.27 bits per heavy atom. The summed E-state index contributed by atoms with van der Waals surface area (Å²) in [4.78, 5) is 0. The largest absolute Gasteiger partial charge is 0.397 e. The van der Waals surface area contributed by atoms with Crippen LogP contribution in [-0.4, -0.2) is 10.2 Å². The average molecular weight is 311 g/mol. The first-order valence-electron chi connectivity index (χ1n) is 7.02. The number of aromatic nitrogens is 2. The number of nitriles is 1. The molecule has 5 heteroatoms. The van der Waals surface area contributed by atoms with Crippen LogP contribution in [0, 0.1) is 11.3 Å². The Bertz CT molecular complexity index is 860. The number of nitrogens with one attached hydrogen (secondary N) is 1. The molecule has 0 aliphatic rings. The van der Waals surface area contributed by atoms with E-state index in [9.17, 15) is 5.26 Å². The molecule has 3 rings (SSSR count). The molecule has 4 nitrogen and oxygen atoms in total. The van der Waals surface area contributed by atoms with Crippen LogP contribution >= 0.6 is 11.6 Å². The van der Waals surface area contributed by atoms with Crippen LogP contribution in [0.3, 0.4) is 0 Å². The highest BCUT2D eigenvalue weighted by Gasteiger charge is 2.36. The maximum Gasteiger partial charge on any atom is 0.126 e. The molecule has 0 bridgehead atoms. The summed E-state index contributed by atoms with van der Waals surface area (Å²) >= 11 is 5.97. The third-order valence-corrected chi connectivity index (χ3v) is 4.35. The van der Waals surface area contributed by atoms with Crippen molar-refractivity contribution in [3.63, 3.8) is 0 Å². The number of nitrogens with two attached hydrogens (primary N) is 1. The first-order chi connectivity index (χ1) is 10.6. The van der Waals surface area contributed by atoms with Gasteiger partial charge in [-0.15, -0.1) is 0 Å². The molecule has 3 N–H and O–H groups in total. The van der Waals surface area contributed by atoms with E-state index in [-0.39, 0.29) is 0 Å². The van der Waals surface area contributed by atoms with E-state index in [1.165, 1.54) is 0 Å². The minimum Gasteiger partial charge on any atom is -0.397 e.